The maximum atomic E-state index is 13.9. The zero-order chi connectivity index (χ0) is 22.7. The quantitative estimate of drug-likeness (QED) is 0.577. The monoisotopic (exact) mass is 450 g/mol. The third-order valence-corrected chi connectivity index (χ3v) is 7.12. The lowest BCUT2D eigenvalue weighted by atomic mass is 10.0. The zero-order valence-corrected chi connectivity index (χ0v) is 19.0. The lowest BCUT2D eigenvalue weighted by Crippen LogP contribution is -2.37. The van der Waals surface area contributed by atoms with Crippen LogP contribution in [0.25, 0.3) is 0 Å². The highest BCUT2D eigenvalue weighted by atomic mass is 32.2. The van der Waals surface area contributed by atoms with Gasteiger partial charge in [-0.1, -0.05) is 60.2 Å². The molecular weight excluding hydrogens is 424 g/mol. The van der Waals surface area contributed by atoms with Crippen LogP contribution >= 0.6 is 0 Å². The SMILES string of the molecule is COC(=O)[C@H]1N[C@H](c2ccc(OC)cc2)N(S(=O)c2ccc(C)cc2)[C@@H]1c1ccccc1. The molecule has 4 atom stereocenters. The Morgan fingerprint density at radius 2 is 1.56 bits per heavy atom. The summed E-state index contributed by atoms with van der Waals surface area (Å²) in [5.41, 5.74) is 2.84. The largest absolute Gasteiger partial charge is 0.497 e. The van der Waals surface area contributed by atoms with Gasteiger partial charge in [-0.25, -0.2) is 4.21 Å². The minimum absolute atomic E-state index is 0.402. The molecule has 0 bridgehead atoms. The van der Waals surface area contributed by atoms with Crippen LogP contribution in [0.2, 0.25) is 0 Å². The highest BCUT2D eigenvalue weighted by Crippen LogP contribution is 2.42. The van der Waals surface area contributed by atoms with Crippen LogP contribution in [-0.4, -0.2) is 34.7 Å². The summed E-state index contributed by atoms with van der Waals surface area (Å²) in [6.07, 6.45) is -0.475. The van der Waals surface area contributed by atoms with E-state index in [-0.39, 0.29) is 0 Å². The molecule has 1 heterocycles. The highest BCUT2D eigenvalue weighted by molar-refractivity contribution is 7.82. The molecule has 1 aliphatic heterocycles. The molecule has 0 spiro atoms. The summed E-state index contributed by atoms with van der Waals surface area (Å²) < 4.78 is 26.2. The molecule has 0 saturated carbocycles. The maximum absolute atomic E-state index is 13.9. The first kappa shape index (κ1) is 22.2. The summed E-state index contributed by atoms with van der Waals surface area (Å²) in [4.78, 5) is 13.5. The molecule has 1 unspecified atom stereocenters. The van der Waals surface area contributed by atoms with E-state index in [9.17, 15) is 9.00 Å². The lowest BCUT2D eigenvalue weighted by Gasteiger charge is -2.29. The Hall–Kier alpha value is -3.00. The van der Waals surface area contributed by atoms with Crippen LogP contribution in [-0.2, 0) is 20.5 Å². The lowest BCUT2D eigenvalue weighted by molar-refractivity contribution is -0.143. The number of aryl methyl sites for hydroxylation is 1. The second kappa shape index (κ2) is 9.65. The normalized spacial score (nSPS) is 21.8. The Morgan fingerprint density at radius 1 is 0.906 bits per heavy atom. The first-order valence-corrected chi connectivity index (χ1v) is 11.4. The summed E-state index contributed by atoms with van der Waals surface area (Å²) in [7, 11) is 1.44. The fourth-order valence-corrected chi connectivity index (χ4v) is 5.40. The number of rotatable bonds is 6. The van der Waals surface area contributed by atoms with E-state index < -0.39 is 35.2 Å². The van der Waals surface area contributed by atoms with E-state index in [0.717, 1.165) is 22.4 Å². The maximum Gasteiger partial charge on any atom is 0.324 e. The van der Waals surface area contributed by atoms with Gasteiger partial charge >= 0.3 is 5.97 Å². The van der Waals surface area contributed by atoms with E-state index in [1.807, 2.05) is 90.1 Å². The molecule has 3 aromatic carbocycles. The number of carbonyl (C=O) groups is 1. The first-order chi connectivity index (χ1) is 15.5. The highest BCUT2D eigenvalue weighted by Gasteiger charge is 2.49. The molecule has 4 rings (SSSR count). The predicted octanol–water partition coefficient (Wildman–Crippen LogP) is 3.91. The van der Waals surface area contributed by atoms with Gasteiger partial charge < -0.3 is 9.47 Å². The second-order valence-corrected chi connectivity index (χ2v) is 9.01. The molecule has 1 N–H and O–H groups in total. The molecule has 0 amide bonds. The minimum Gasteiger partial charge on any atom is -0.497 e. The summed E-state index contributed by atoms with van der Waals surface area (Å²) >= 11 is 0. The van der Waals surface area contributed by atoms with Crippen molar-refractivity contribution >= 4 is 17.0 Å². The summed E-state index contributed by atoms with van der Waals surface area (Å²) in [6, 6.07) is 23.6. The van der Waals surface area contributed by atoms with Crippen molar-refractivity contribution in [3.05, 3.63) is 95.6 Å². The van der Waals surface area contributed by atoms with Gasteiger partial charge in [0.1, 0.15) is 22.8 Å². The minimum atomic E-state index is -1.54. The van der Waals surface area contributed by atoms with Crippen molar-refractivity contribution in [3.63, 3.8) is 0 Å². The first-order valence-electron chi connectivity index (χ1n) is 10.3. The number of benzene rings is 3. The van der Waals surface area contributed by atoms with E-state index in [1.165, 1.54) is 7.11 Å². The molecule has 6 nitrogen and oxygen atoms in total. The van der Waals surface area contributed by atoms with Crippen LogP contribution in [0.1, 0.15) is 28.9 Å². The third-order valence-electron chi connectivity index (χ3n) is 5.62. The van der Waals surface area contributed by atoms with E-state index >= 15 is 0 Å². The van der Waals surface area contributed by atoms with Gasteiger partial charge in [-0.05, 0) is 42.3 Å². The van der Waals surface area contributed by atoms with E-state index in [1.54, 1.807) is 7.11 Å². The van der Waals surface area contributed by atoms with Crippen LogP contribution in [0.5, 0.6) is 5.75 Å². The molecule has 32 heavy (non-hydrogen) atoms. The molecule has 0 aliphatic carbocycles. The van der Waals surface area contributed by atoms with Gasteiger partial charge in [0.25, 0.3) is 0 Å². The Balaban J connectivity index is 1.83. The number of esters is 1. The summed E-state index contributed by atoms with van der Waals surface area (Å²) in [5, 5.41) is 3.37. The second-order valence-electron chi connectivity index (χ2n) is 7.62. The van der Waals surface area contributed by atoms with Crippen molar-refractivity contribution < 1.29 is 18.5 Å². The predicted molar refractivity (Wildman–Crippen MR) is 123 cm³/mol. The molecule has 1 aliphatic rings. The van der Waals surface area contributed by atoms with Crippen molar-refractivity contribution in [1.82, 2.24) is 9.62 Å². The Bertz CT molecular complexity index is 1090. The average molecular weight is 451 g/mol. The molecule has 3 aromatic rings. The van der Waals surface area contributed by atoms with Crippen LogP contribution in [0, 0.1) is 6.92 Å². The van der Waals surface area contributed by atoms with Gasteiger partial charge in [0.05, 0.1) is 31.3 Å². The Morgan fingerprint density at radius 3 is 2.16 bits per heavy atom. The standard InChI is InChI=1S/C25H26N2O4S/c1-17-9-15-21(16-10-17)32(29)27-23(18-7-5-4-6-8-18)22(25(28)31-3)26-24(27)19-11-13-20(30-2)14-12-19/h4-16,22-24,26H,1-3H3/t22-,23+,24-,32?/m0/s1. The molecule has 7 heteroatoms. The fourth-order valence-electron chi connectivity index (χ4n) is 3.96. The number of hydrogen-bond donors (Lipinski definition) is 1. The summed E-state index contributed by atoms with van der Waals surface area (Å²) in [6.45, 7) is 1.99. The van der Waals surface area contributed by atoms with Gasteiger partial charge in [0.15, 0.2) is 0 Å². The molecule has 0 aromatic heterocycles. The number of nitrogens with one attached hydrogen (secondary N) is 1. The van der Waals surface area contributed by atoms with Gasteiger partial charge in [-0.15, -0.1) is 0 Å². The number of hydrogen-bond acceptors (Lipinski definition) is 5. The van der Waals surface area contributed by atoms with Crippen molar-refractivity contribution in [1.29, 1.82) is 0 Å². The van der Waals surface area contributed by atoms with Crippen LogP contribution in [0.15, 0.2) is 83.8 Å². The number of nitrogens with zero attached hydrogens (tertiary/aromatic N) is 1. The number of methoxy groups -OCH3 is 2. The molecule has 1 saturated heterocycles. The van der Waals surface area contributed by atoms with Gasteiger partial charge in [-0.3, -0.25) is 10.1 Å². The van der Waals surface area contributed by atoms with Crippen molar-refractivity contribution in [2.45, 2.75) is 30.1 Å². The smallest absolute Gasteiger partial charge is 0.324 e. The molecule has 1 fully saturated rings. The molecular formula is C25H26N2O4S. The third kappa shape index (κ3) is 4.32. The van der Waals surface area contributed by atoms with E-state index in [2.05, 4.69) is 5.32 Å². The zero-order valence-electron chi connectivity index (χ0n) is 18.2. The van der Waals surface area contributed by atoms with Gasteiger partial charge in [0, 0.05) is 0 Å². The number of carbonyl (C=O) groups excluding carboxylic acids is 1. The Kier molecular flexibility index (Phi) is 6.69. The molecule has 0 radical (unpaired) electrons. The van der Waals surface area contributed by atoms with Gasteiger partial charge in [-0.2, -0.15) is 4.31 Å². The van der Waals surface area contributed by atoms with Crippen molar-refractivity contribution in [2.24, 2.45) is 0 Å². The molecule has 166 valence electrons. The topological polar surface area (TPSA) is 67.9 Å². The van der Waals surface area contributed by atoms with Crippen LogP contribution < -0.4 is 10.1 Å². The van der Waals surface area contributed by atoms with Crippen molar-refractivity contribution in [2.75, 3.05) is 14.2 Å². The average Bonchev–Trinajstić information content (AvgIpc) is 3.25. The number of ether oxygens (including phenoxy) is 2. The van der Waals surface area contributed by atoms with E-state index in [0.29, 0.717) is 4.90 Å². The van der Waals surface area contributed by atoms with Crippen LogP contribution in [0.4, 0.5) is 0 Å². The summed E-state index contributed by atoms with van der Waals surface area (Å²) in [5.74, 6) is 0.322. The van der Waals surface area contributed by atoms with Crippen molar-refractivity contribution in [3.8, 4) is 5.75 Å². The fraction of sp³-hybridized carbons (Fsp3) is 0.240. The van der Waals surface area contributed by atoms with E-state index in [4.69, 9.17) is 9.47 Å². The van der Waals surface area contributed by atoms with Crippen LogP contribution in [0.3, 0.4) is 0 Å². The van der Waals surface area contributed by atoms with Gasteiger partial charge in [0.2, 0.25) is 0 Å². The Labute approximate surface area is 190 Å².